The van der Waals surface area contributed by atoms with Crippen LogP contribution in [0, 0.1) is 0 Å². The lowest BCUT2D eigenvalue weighted by atomic mass is 10.1. The van der Waals surface area contributed by atoms with E-state index in [1.165, 1.54) is 16.1 Å². The summed E-state index contributed by atoms with van der Waals surface area (Å²) in [6.07, 6.45) is 0.731. The molecule has 0 bridgehead atoms. The van der Waals surface area contributed by atoms with E-state index in [0.717, 1.165) is 43.9 Å². The van der Waals surface area contributed by atoms with Gasteiger partial charge in [0.2, 0.25) is 0 Å². The summed E-state index contributed by atoms with van der Waals surface area (Å²) >= 11 is 5.97. The Bertz CT molecular complexity index is 895. The molecule has 0 aliphatic carbocycles. The Morgan fingerprint density at radius 3 is 2.56 bits per heavy atom. The van der Waals surface area contributed by atoms with Crippen molar-refractivity contribution in [3.05, 3.63) is 53.1 Å². The fourth-order valence-electron chi connectivity index (χ4n) is 3.48. The second kappa shape index (κ2) is 6.52. The molecule has 2 aliphatic heterocycles. The highest BCUT2D eigenvalue weighted by molar-refractivity contribution is 7.92. The molecule has 0 amide bonds. The van der Waals surface area contributed by atoms with Crippen LogP contribution in [0.3, 0.4) is 0 Å². The van der Waals surface area contributed by atoms with Gasteiger partial charge in [0.15, 0.2) is 0 Å². The minimum Gasteiger partial charge on any atom is -0.369 e. The summed E-state index contributed by atoms with van der Waals surface area (Å²) in [5, 5.41) is 3.77. The second-order valence-electron chi connectivity index (χ2n) is 6.33. The molecule has 1 saturated heterocycles. The number of nitrogens with one attached hydrogen (secondary N) is 1. The SMILES string of the molecule is O=S(=O)(c1cccc(Cl)c1)N1CCc2cc(N3CCNCC3)ccc21. The molecule has 0 saturated carbocycles. The normalized spacial score (nSPS) is 17.6. The molecule has 2 aromatic rings. The molecule has 0 aromatic heterocycles. The summed E-state index contributed by atoms with van der Waals surface area (Å²) in [5.74, 6) is 0. The molecule has 7 heteroatoms. The highest BCUT2D eigenvalue weighted by Gasteiger charge is 2.31. The van der Waals surface area contributed by atoms with Crippen LogP contribution < -0.4 is 14.5 Å². The molecule has 2 heterocycles. The van der Waals surface area contributed by atoms with Gasteiger partial charge in [0, 0.05) is 43.4 Å². The van der Waals surface area contributed by atoms with Crippen molar-refractivity contribution in [1.29, 1.82) is 0 Å². The molecule has 25 heavy (non-hydrogen) atoms. The summed E-state index contributed by atoms with van der Waals surface area (Å²) in [7, 11) is -3.59. The maximum atomic E-state index is 13.0. The lowest BCUT2D eigenvalue weighted by Gasteiger charge is -2.30. The standard InChI is InChI=1S/C18H20ClN3O2S/c19-15-2-1-3-17(13-15)25(23,24)22-9-6-14-12-16(4-5-18(14)22)21-10-7-20-8-11-21/h1-5,12-13,20H,6-11H2. The van der Waals surface area contributed by atoms with Gasteiger partial charge < -0.3 is 10.2 Å². The predicted octanol–water partition coefficient (Wildman–Crippen LogP) is 2.50. The molecule has 0 spiro atoms. The van der Waals surface area contributed by atoms with Crippen LogP contribution in [0.15, 0.2) is 47.4 Å². The predicted molar refractivity (Wildman–Crippen MR) is 101 cm³/mol. The zero-order valence-electron chi connectivity index (χ0n) is 13.8. The third-order valence-electron chi connectivity index (χ3n) is 4.78. The van der Waals surface area contributed by atoms with Gasteiger partial charge in [-0.25, -0.2) is 8.42 Å². The number of benzene rings is 2. The zero-order chi connectivity index (χ0) is 17.4. The van der Waals surface area contributed by atoms with Gasteiger partial charge in [0.1, 0.15) is 0 Å². The number of hydrogen-bond acceptors (Lipinski definition) is 4. The number of halogens is 1. The molecular formula is C18H20ClN3O2S. The summed E-state index contributed by atoms with van der Waals surface area (Å²) in [5.41, 5.74) is 3.03. The Morgan fingerprint density at radius 1 is 1.00 bits per heavy atom. The van der Waals surface area contributed by atoms with Crippen LogP contribution in [0.5, 0.6) is 0 Å². The zero-order valence-corrected chi connectivity index (χ0v) is 15.4. The average Bonchev–Trinajstić information content (AvgIpc) is 3.06. The third-order valence-corrected chi connectivity index (χ3v) is 6.83. The van der Waals surface area contributed by atoms with Crippen molar-refractivity contribution >= 4 is 33.0 Å². The Hall–Kier alpha value is -1.76. The minimum absolute atomic E-state index is 0.235. The van der Waals surface area contributed by atoms with E-state index in [1.54, 1.807) is 18.2 Å². The van der Waals surface area contributed by atoms with Crippen molar-refractivity contribution in [2.24, 2.45) is 0 Å². The van der Waals surface area contributed by atoms with Gasteiger partial charge in [-0.05, 0) is 48.4 Å². The summed E-state index contributed by atoms with van der Waals surface area (Å²) in [6.45, 7) is 4.38. The van der Waals surface area contributed by atoms with Gasteiger partial charge in [-0.3, -0.25) is 4.31 Å². The highest BCUT2D eigenvalue weighted by Crippen LogP contribution is 2.35. The Morgan fingerprint density at radius 2 is 1.80 bits per heavy atom. The van der Waals surface area contributed by atoms with Crippen LogP contribution in [0.2, 0.25) is 5.02 Å². The Kier molecular flexibility index (Phi) is 4.35. The van der Waals surface area contributed by atoms with Gasteiger partial charge >= 0.3 is 0 Å². The Labute approximate surface area is 153 Å². The van der Waals surface area contributed by atoms with E-state index in [2.05, 4.69) is 16.3 Å². The van der Waals surface area contributed by atoms with Crippen molar-refractivity contribution in [2.75, 3.05) is 41.9 Å². The van der Waals surface area contributed by atoms with Gasteiger partial charge in [0.05, 0.1) is 10.6 Å². The summed E-state index contributed by atoms with van der Waals surface area (Å²) in [6, 6.07) is 12.5. The van der Waals surface area contributed by atoms with E-state index >= 15 is 0 Å². The Balaban J connectivity index is 1.65. The van der Waals surface area contributed by atoms with Gasteiger partial charge in [-0.1, -0.05) is 17.7 Å². The first-order valence-electron chi connectivity index (χ1n) is 8.42. The molecule has 0 unspecified atom stereocenters. The summed E-state index contributed by atoms with van der Waals surface area (Å²) < 4.78 is 27.5. The lowest BCUT2D eigenvalue weighted by Crippen LogP contribution is -2.43. The van der Waals surface area contributed by atoms with Crippen molar-refractivity contribution < 1.29 is 8.42 Å². The molecule has 1 fully saturated rings. The average molecular weight is 378 g/mol. The first-order chi connectivity index (χ1) is 12.1. The number of piperazine rings is 1. The van der Waals surface area contributed by atoms with E-state index in [1.807, 2.05) is 12.1 Å². The van der Waals surface area contributed by atoms with Crippen molar-refractivity contribution in [3.63, 3.8) is 0 Å². The van der Waals surface area contributed by atoms with Crippen molar-refractivity contribution in [3.8, 4) is 0 Å². The molecule has 0 radical (unpaired) electrons. The largest absolute Gasteiger partial charge is 0.369 e. The first kappa shape index (κ1) is 16.7. The lowest BCUT2D eigenvalue weighted by molar-refractivity contribution is 0.589. The molecular weight excluding hydrogens is 358 g/mol. The molecule has 2 aliphatic rings. The molecule has 1 N–H and O–H groups in total. The molecule has 5 nitrogen and oxygen atoms in total. The number of nitrogens with zero attached hydrogens (tertiary/aromatic N) is 2. The summed E-state index contributed by atoms with van der Waals surface area (Å²) in [4.78, 5) is 2.57. The number of rotatable bonds is 3. The topological polar surface area (TPSA) is 52.7 Å². The van der Waals surface area contributed by atoms with E-state index in [4.69, 9.17) is 11.6 Å². The molecule has 4 rings (SSSR count). The monoisotopic (exact) mass is 377 g/mol. The fraction of sp³-hybridized carbons (Fsp3) is 0.333. The molecule has 0 atom stereocenters. The quantitative estimate of drug-likeness (QED) is 0.893. The maximum Gasteiger partial charge on any atom is 0.264 e. The highest BCUT2D eigenvalue weighted by atomic mass is 35.5. The van der Waals surface area contributed by atoms with Crippen LogP contribution in [0.25, 0.3) is 0 Å². The van der Waals surface area contributed by atoms with E-state index in [0.29, 0.717) is 11.6 Å². The van der Waals surface area contributed by atoms with Crippen LogP contribution in [0.1, 0.15) is 5.56 Å². The van der Waals surface area contributed by atoms with E-state index in [-0.39, 0.29) is 4.90 Å². The first-order valence-corrected chi connectivity index (χ1v) is 10.2. The second-order valence-corrected chi connectivity index (χ2v) is 8.63. The minimum atomic E-state index is -3.59. The van der Waals surface area contributed by atoms with E-state index < -0.39 is 10.0 Å². The van der Waals surface area contributed by atoms with Crippen LogP contribution in [0.4, 0.5) is 11.4 Å². The van der Waals surface area contributed by atoms with E-state index in [9.17, 15) is 8.42 Å². The number of anilines is 2. The van der Waals surface area contributed by atoms with Crippen LogP contribution in [-0.2, 0) is 16.4 Å². The number of fused-ring (bicyclic) bond motifs is 1. The smallest absolute Gasteiger partial charge is 0.264 e. The van der Waals surface area contributed by atoms with Crippen LogP contribution >= 0.6 is 11.6 Å². The fourth-order valence-corrected chi connectivity index (χ4v) is 5.29. The van der Waals surface area contributed by atoms with Gasteiger partial charge in [0.25, 0.3) is 10.0 Å². The third kappa shape index (κ3) is 3.10. The number of sulfonamides is 1. The van der Waals surface area contributed by atoms with Crippen molar-refractivity contribution in [1.82, 2.24) is 5.32 Å². The maximum absolute atomic E-state index is 13.0. The van der Waals surface area contributed by atoms with Gasteiger partial charge in [-0.15, -0.1) is 0 Å². The number of hydrogen-bond donors (Lipinski definition) is 1. The molecule has 132 valence electrons. The van der Waals surface area contributed by atoms with Gasteiger partial charge in [-0.2, -0.15) is 0 Å². The van der Waals surface area contributed by atoms with Crippen molar-refractivity contribution in [2.45, 2.75) is 11.3 Å². The van der Waals surface area contributed by atoms with Crippen LogP contribution in [-0.4, -0.2) is 41.1 Å². The molecule has 2 aromatic carbocycles.